The lowest BCUT2D eigenvalue weighted by atomic mass is 9.76. The summed E-state index contributed by atoms with van der Waals surface area (Å²) in [5.41, 5.74) is 0.526. The minimum Gasteiger partial charge on any atom is -0.316 e. The van der Waals surface area contributed by atoms with Gasteiger partial charge in [0, 0.05) is 6.54 Å². The molecule has 0 aromatic rings. The van der Waals surface area contributed by atoms with Gasteiger partial charge in [-0.1, -0.05) is 34.6 Å². The lowest BCUT2D eigenvalue weighted by molar-refractivity contribution is 0.172. The molecule has 0 aromatic carbocycles. The van der Waals surface area contributed by atoms with Crippen LogP contribution in [0.3, 0.4) is 0 Å². The van der Waals surface area contributed by atoms with E-state index < -0.39 is 0 Å². The molecule has 1 nitrogen and oxygen atoms in total. The van der Waals surface area contributed by atoms with Gasteiger partial charge in [-0.2, -0.15) is 0 Å². The number of piperidine rings is 1. The molecule has 1 atom stereocenters. The zero-order valence-corrected chi connectivity index (χ0v) is 8.70. The van der Waals surface area contributed by atoms with Crippen LogP contribution in [0.4, 0.5) is 0 Å². The highest BCUT2D eigenvalue weighted by atomic mass is 14.9. The van der Waals surface area contributed by atoms with Crippen LogP contribution in [0.2, 0.25) is 0 Å². The molecule has 0 spiro atoms. The zero-order chi connectivity index (χ0) is 8.91. The number of hydrogen-bond donors (Lipinski definition) is 1. The molecular formula is C10H23N. The minimum atomic E-state index is 0.526. The zero-order valence-electron chi connectivity index (χ0n) is 8.70. The van der Waals surface area contributed by atoms with Gasteiger partial charge in [0.2, 0.25) is 0 Å². The average molecular weight is 157 g/mol. The molecule has 1 fully saturated rings. The minimum absolute atomic E-state index is 0.526. The summed E-state index contributed by atoms with van der Waals surface area (Å²) in [6.45, 7) is 13.4. The Kier molecular flexibility index (Phi) is 4.74. The van der Waals surface area contributed by atoms with Gasteiger partial charge in [0.15, 0.2) is 0 Å². The van der Waals surface area contributed by atoms with Crippen LogP contribution in [0.25, 0.3) is 0 Å². The molecule has 0 aliphatic carbocycles. The SMILES string of the molecule is CC.C[C@H]1CCNCC1(C)C. The summed E-state index contributed by atoms with van der Waals surface area (Å²) in [7, 11) is 0. The Labute approximate surface area is 71.6 Å². The van der Waals surface area contributed by atoms with E-state index >= 15 is 0 Å². The second-order valence-corrected chi connectivity index (χ2v) is 3.86. The molecule has 0 aromatic heterocycles. The van der Waals surface area contributed by atoms with Crippen molar-refractivity contribution >= 4 is 0 Å². The van der Waals surface area contributed by atoms with Crippen LogP contribution < -0.4 is 5.32 Å². The summed E-state index contributed by atoms with van der Waals surface area (Å²) in [5, 5.41) is 3.41. The summed E-state index contributed by atoms with van der Waals surface area (Å²) >= 11 is 0. The van der Waals surface area contributed by atoms with Crippen molar-refractivity contribution in [1.82, 2.24) is 5.32 Å². The first-order valence-corrected chi connectivity index (χ1v) is 4.83. The maximum atomic E-state index is 3.41. The molecule has 1 aliphatic rings. The van der Waals surface area contributed by atoms with Gasteiger partial charge in [-0.15, -0.1) is 0 Å². The predicted octanol–water partition coefficient (Wildman–Crippen LogP) is 2.67. The van der Waals surface area contributed by atoms with Crippen molar-refractivity contribution in [2.45, 2.75) is 41.0 Å². The Hall–Kier alpha value is -0.0400. The highest BCUT2D eigenvalue weighted by Gasteiger charge is 2.27. The van der Waals surface area contributed by atoms with Crippen molar-refractivity contribution in [1.29, 1.82) is 0 Å². The van der Waals surface area contributed by atoms with E-state index in [1.807, 2.05) is 13.8 Å². The molecule has 1 heterocycles. The second-order valence-electron chi connectivity index (χ2n) is 3.86. The normalized spacial score (nSPS) is 28.6. The third-order valence-electron chi connectivity index (χ3n) is 2.67. The first kappa shape index (κ1) is 11.0. The molecule has 1 rings (SSSR count). The predicted molar refractivity (Wildman–Crippen MR) is 51.8 cm³/mol. The lowest BCUT2D eigenvalue weighted by Gasteiger charge is -2.36. The van der Waals surface area contributed by atoms with Crippen LogP contribution in [0.15, 0.2) is 0 Å². The summed E-state index contributed by atoms with van der Waals surface area (Å²) in [5.74, 6) is 0.888. The van der Waals surface area contributed by atoms with Crippen LogP contribution in [-0.2, 0) is 0 Å². The molecular weight excluding hydrogens is 134 g/mol. The van der Waals surface area contributed by atoms with Gasteiger partial charge in [0.25, 0.3) is 0 Å². The van der Waals surface area contributed by atoms with E-state index in [-0.39, 0.29) is 0 Å². The highest BCUT2D eigenvalue weighted by molar-refractivity contribution is 4.82. The van der Waals surface area contributed by atoms with Crippen LogP contribution in [0.1, 0.15) is 41.0 Å². The van der Waals surface area contributed by atoms with Gasteiger partial charge in [0.1, 0.15) is 0 Å². The molecule has 1 saturated heterocycles. The van der Waals surface area contributed by atoms with Gasteiger partial charge in [0.05, 0.1) is 0 Å². The first-order chi connectivity index (χ1) is 5.13. The van der Waals surface area contributed by atoms with Crippen LogP contribution in [0.5, 0.6) is 0 Å². The van der Waals surface area contributed by atoms with Crippen LogP contribution >= 0.6 is 0 Å². The maximum absolute atomic E-state index is 3.41. The topological polar surface area (TPSA) is 12.0 Å². The molecule has 68 valence electrons. The summed E-state index contributed by atoms with van der Waals surface area (Å²) in [4.78, 5) is 0. The lowest BCUT2D eigenvalue weighted by Crippen LogP contribution is -2.41. The van der Waals surface area contributed by atoms with E-state index in [1.165, 1.54) is 19.5 Å². The quantitative estimate of drug-likeness (QED) is 0.570. The van der Waals surface area contributed by atoms with Crippen molar-refractivity contribution < 1.29 is 0 Å². The fourth-order valence-corrected chi connectivity index (χ4v) is 1.29. The molecule has 0 amide bonds. The average Bonchev–Trinajstić information content (AvgIpc) is 2.00. The van der Waals surface area contributed by atoms with Crippen molar-refractivity contribution in [3.05, 3.63) is 0 Å². The molecule has 0 unspecified atom stereocenters. The fourth-order valence-electron chi connectivity index (χ4n) is 1.29. The van der Waals surface area contributed by atoms with E-state index in [0.29, 0.717) is 5.41 Å². The van der Waals surface area contributed by atoms with Gasteiger partial charge < -0.3 is 5.32 Å². The first-order valence-electron chi connectivity index (χ1n) is 4.83. The van der Waals surface area contributed by atoms with Crippen LogP contribution in [-0.4, -0.2) is 13.1 Å². The Morgan fingerprint density at radius 1 is 1.27 bits per heavy atom. The summed E-state index contributed by atoms with van der Waals surface area (Å²) in [6, 6.07) is 0. The van der Waals surface area contributed by atoms with Crippen molar-refractivity contribution in [2.24, 2.45) is 11.3 Å². The molecule has 0 saturated carbocycles. The Bertz CT molecular complexity index is 97.0. The monoisotopic (exact) mass is 157 g/mol. The van der Waals surface area contributed by atoms with Crippen molar-refractivity contribution in [3.63, 3.8) is 0 Å². The van der Waals surface area contributed by atoms with E-state index in [0.717, 1.165) is 5.92 Å². The van der Waals surface area contributed by atoms with E-state index in [2.05, 4.69) is 26.1 Å². The number of rotatable bonds is 0. The van der Waals surface area contributed by atoms with Gasteiger partial charge in [-0.25, -0.2) is 0 Å². The van der Waals surface area contributed by atoms with E-state index in [9.17, 15) is 0 Å². The molecule has 0 bridgehead atoms. The summed E-state index contributed by atoms with van der Waals surface area (Å²) in [6.07, 6.45) is 1.34. The number of hydrogen-bond acceptors (Lipinski definition) is 1. The molecule has 1 aliphatic heterocycles. The largest absolute Gasteiger partial charge is 0.316 e. The second kappa shape index (κ2) is 4.76. The fraction of sp³-hybridized carbons (Fsp3) is 1.00. The molecule has 1 N–H and O–H groups in total. The molecule has 1 heteroatoms. The third-order valence-corrected chi connectivity index (χ3v) is 2.67. The maximum Gasteiger partial charge on any atom is 0.000508 e. The Balaban J connectivity index is 0.000000461. The van der Waals surface area contributed by atoms with Gasteiger partial charge in [-0.05, 0) is 24.3 Å². The van der Waals surface area contributed by atoms with Crippen molar-refractivity contribution in [2.75, 3.05) is 13.1 Å². The third kappa shape index (κ3) is 3.24. The van der Waals surface area contributed by atoms with E-state index in [4.69, 9.17) is 0 Å². The van der Waals surface area contributed by atoms with Crippen LogP contribution in [0, 0.1) is 11.3 Å². The highest BCUT2D eigenvalue weighted by Crippen LogP contribution is 2.30. The Morgan fingerprint density at radius 3 is 2.09 bits per heavy atom. The summed E-state index contributed by atoms with van der Waals surface area (Å²) < 4.78 is 0. The molecule has 11 heavy (non-hydrogen) atoms. The van der Waals surface area contributed by atoms with Gasteiger partial charge in [-0.3, -0.25) is 0 Å². The van der Waals surface area contributed by atoms with Gasteiger partial charge >= 0.3 is 0 Å². The van der Waals surface area contributed by atoms with E-state index in [1.54, 1.807) is 0 Å². The standard InChI is InChI=1S/C8H17N.C2H6/c1-7-4-5-9-6-8(7,2)3;1-2/h7,9H,4-6H2,1-3H3;1-2H3/t7-;/m0./s1. The molecule has 0 radical (unpaired) electrons. The van der Waals surface area contributed by atoms with Crippen molar-refractivity contribution in [3.8, 4) is 0 Å². The number of nitrogens with one attached hydrogen (secondary N) is 1. The Morgan fingerprint density at radius 2 is 1.82 bits per heavy atom. The smallest absolute Gasteiger partial charge is 0.000508 e.